The Balaban J connectivity index is 0.000000618. The molecule has 1 fully saturated rings. The van der Waals surface area contributed by atoms with Crippen molar-refractivity contribution in [1.29, 1.82) is 0 Å². The zero-order chi connectivity index (χ0) is 25.3. The van der Waals surface area contributed by atoms with E-state index in [4.69, 9.17) is 9.47 Å². The predicted octanol–water partition coefficient (Wildman–Crippen LogP) is 7.40. The standard InChI is InChI=1S/C22H21F2NO3.C4H8.C2H6/c1-3-14(2)22(15-6-8-16(23)9-7-15)27-19-12-17(18(24)13-20(19)28-22)21(26)25-10-4-5-11-25;1-3-4-2;1-2/h6-9,12-13H,2-5,10-11H2,1H3;3H,1,4H2,2H3;1-2H3. The van der Waals surface area contributed by atoms with Crippen molar-refractivity contribution in [2.45, 2.75) is 59.2 Å². The summed E-state index contributed by atoms with van der Waals surface area (Å²) in [4.78, 5) is 14.3. The molecule has 0 radical (unpaired) electrons. The highest BCUT2D eigenvalue weighted by Gasteiger charge is 2.46. The number of allylic oxidation sites excluding steroid dienone is 1. The molecule has 1 atom stereocenters. The lowest BCUT2D eigenvalue weighted by Gasteiger charge is -2.29. The summed E-state index contributed by atoms with van der Waals surface area (Å²) < 4.78 is 40.2. The van der Waals surface area contributed by atoms with Gasteiger partial charge < -0.3 is 14.4 Å². The van der Waals surface area contributed by atoms with Gasteiger partial charge in [0.15, 0.2) is 11.5 Å². The first-order valence-electron chi connectivity index (χ1n) is 11.9. The number of fused-ring (bicyclic) bond motifs is 1. The van der Waals surface area contributed by atoms with Gasteiger partial charge in [-0.3, -0.25) is 4.79 Å². The number of hydrogen-bond acceptors (Lipinski definition) is 3. The molecule has 2 aromatic carbocycles. The minimum Gasteiger partial charge on any atom is -0.441 e. The third-order valence-electron chi connectivity index (χ3n) is 5.57. The van der Waals surface area contributed by atoms with Gasteiger partial charge in [-0.15, -0.1) is 6.58 Å². The molecule has 1 saturated heterocycles. The second kappa shape index (κ2) is 12.4. The van der Waals surface area contributed by atoms with E-state index < -0.39 is 11.6 Å². The molecule has 1 unspecified atom stereocenters. The van der Waals surface area contributed by atoms with Crippen LogP contribution in [-0.2, 0) is 5.79 Å². The van der Waals surface area contributed by atoms with Crippen molar-refractivity contribution >= 4 is 5.91 Å². The fourth-order valence-corrected chi connectivity index (χ4v) is 3.65. The third kappa shape index (κ3) is 5.66. The summed E-state index contributed by atoms with van der Waals surface area (Å²) in [7, 11) is 0. The highest BCUT2D eigenvalue weighted by atomic mass is 19.1. The highest BCUT2D eigenvalue weighted by Crippen LogP contribution is 2.49. The number of ether oxygens (including phenoxy) is 2. The van der Waals surface area contributed by atoms with E-state index in [-0.39, 0.29) is 28.8 Å². The van der Waals surface area contributed by atoms with Gasteiger partial charge in [0.1, 0.15) is 11.6 Å². The number of amides is 1. The fraction of sp³-hybridized carbons (Fsp3) is 0.393. The number of carbonyl (C=O) groups excluding carboxylic acids is 1. The molecular weight excluding hydrogens is 436 g/mol. The molecule has 2 aromatic rings. The molecular formula is C28H35F2NO3. The lowest BCUT2D eigenvalue weighted by atomic mass is 9.96. The molecule has 0 spiro atoms. The van der Waals surface area contributed by atoms with Crippen LogP contribution in [0.5, 0.6) is 11.5 Å². The SMILES string of the molecule is C=C(CC)C1(c2ccc(F)cc2)Oc2cc(F)c(C(=O)N3CCCC3)cc2O1.C=CCC.CC. The molecule has 1 amide bonds. The van der Waals surface area contributed by atoms with Crippen LogP contribution in [-0.4, -0.2) is 23.9 Å². The van der Waals surface area contributed by atoms with Crippen LogP contribution in [0.15, 0.2) is 61.2 Å². The summed E-state index contributed by atoms with van der Waals surface area (Å²) >= 11 is 0. The molecule has 0 aliphatic carbocycles. The van der Waals surface area contributed by atoms with Gasteiger partial charge in [0.2, 0.25) is 0 Å². The zero-order valence-electron chi connectivity index (χ0n) is 20.6. The Morgan fingerprint density at radius 2 is 1.59 bits per heavy atom. The number of nitrogens with zero attached hydrogens (tertiary/aromatic N) is 1. The molecule has 34 heavy (non-hydrogen) atoms. The molecule has 4 rings (SSSR count). The molecule has 0 N–H and O–H groups in total. The molecule has 184 valence electrons. The van der Waals surface area contributed by atoms with Crippen LogP contribution in [0.25, 0.3) is 0 Å². The average Bonchev–Trinajstić information content (AvgIpc) is 3.53. The van der Waals surface area contributed by atoms with Crippen LogP contribution in [0.1, 0.15) is 69.3 Å². The van der Waals surface area contributed by atoms with Gasteiger partial charge in [0.25, 0.3) is 5.91 Å². The molecule has 0 bridgehead atoms. The Labute approximate surface area is 201 Å². The lowest BCUT2D eigenvalue weighted by molar-refractivity contribution is -0.0518. The molecule has 2 aliphatic rings. The Morgan fingerprint density at radius 1 is 1.06 bits per heavy atom. The summed E-state index contributed by atoms with van der Waals surface area (Å²) in [5.41, 5.74) is 1.11. The first kappa shape index (κ1) is 27.1. The Bertz CT molecular complexity index is 997. The number of hydrogen-bond donors (Lipinski definition) is 0. The van der Waals surface area contributed by atoms with Gasteiger partial charge in [0, 0.05) is 30.3 Å². The number of carbonyl (C=O) groups is 1. The van der Waals surface area contributed by atoms with E-state index in [1.165, 1.54) is 24.3 Å². The molecule has 4 nitrogen and oxygen atoms in total. The average molecular weight is 472 g/mol. The van der Waals surface area contributed by atoms with Crippen LogP contribution >= 0.6 is 0 Å². The summed E-state index contributed by atoms with van der Waals surface area (Å²) in [5.74, 6) is -2.32. The largest absolute Gasteiger partial charge is 0.441 e. The van der Waals surface area contributed by atoms with E-state index in [0.717, 1.165) is 19.3 Å². The van der Waals surface area contributed by atoms with Crippen LogP contribution in [0, 0.1) is 11.6 Å². The Morgan fingerprint density at radius 3 is 2.09 bits per heavy atom. The molecule has 0 saturated carbocycles. The van der Waals surface area contributed by atoms with Crippen LogP contribution in [0.4, 0.5) is 8.78 Å². The zero-order valence-corrected chi connectivity index (χ0v) is 20.6. The van der Waals surface area contributed by atoms with Crippen LogP contribution < -0.4 is 9.47 Å². The molecule has 6 heteroatoms. The van der Waals surface area contributed by atoms with E-state index in [9.17, 15) is 13.6 Å². The predicted molar refractivity (Wildman–Crippen MR) is 132 cm³/mol. The van der Waals surface area contributed by atoms with Crippen LogP contribution in [0.2, 0.25) is 0 Å². The monoisotopic (exact) mass is 471 g/mol. The van der Waals surface area contributed by atoms with Crippen molar-refractivity contribution in [3.05, 3.63) is 84.0 Å². The van der Waals surface area contributed by atoms with Crippen molar-refractivity contribution in [3.8, 4) is 11.5 Å². The summed E-state index contributed by atoms with van der Waals surface area (Å²) in [6.07, 6.45) is 5.33. The van der Waals surface area contributed by atoms with E-state index >= 15 is 0 Å². The van der Waals surface area contributed by atoms with Gasteiger partial charge in [-0.1, -0.05) is 40.3 Å². The maximum absolute atomic E-state index is 14.7. The summed E-state index contributed by atoms with van der Waals surface area (Å²) in [6.45, 7) is 16.7. The number of rotatable bonds is 5. The maximum Gasteiger partial charge on any atom is 0.301 e. The topological polar surface area (TPSA) is 38.8 Å². The molecule has 2 heterocycles. The third-order valence-corrected chi connectivity index (χ3v) is 5.57. The lowest BCUT2D eigenvalue weighted by Crippen LogP contribution is -2.37. The van der Waals surface area contributed by atoms with Gasteiger partial charge in [0.05, 0.1) is 5.56 Å². The second-order valence-corrected chi connectivity index (χ2v) is 7.76. The summed E-state index contributed by atoms with van der Waals surface area (Å²) in [5, 5.41) is 0. The quantitative estimate of drug-likeness (QED) is 0.427. The van der Waals surface area contributed by atoms with E-state index in [1.807, 2.05) is 26.8 Å². The van der Waals surface area contributed by atoms with Crippen molar-refractivity contribution in [2.75, 3.05) is 13.1 Å². The van der Waals surface area contributed by atoms with Crippen LogP contribution in [0.3, 0.4) is 0 Å². The van der Waals surface area contributed by atoms with E-state index in [1.54, 1.807) is 17.0 Å². The summed E-state index contributed by atoms with van der Waals surface area (Å²) in [6, 6.07) is 8.27. The normalized spacial score (nSPS) is 17.8. The van der Waals surface area contributed by atoms with Crippen molar-refractivity contribution in [1.82, 2.24) is 4.90 Å². The van der Waals surface area contributed by atoms with E-state index in [2.05, 4.69) is 20.1 Å². The smallest absolute Gasteiger partial charge is 0.301 e. The van der Waals surface area contributed by atoms with Crippen molar-refractivity contribution < 1.29 is 23.0 Å². The second-order valence-electron chi connectivity index (χ2n) is 7.76. The van der Waals surface area contributed by atoms with E-state index in [0.29, 0.717) is 30.6 Å². The Hall–Kier alpha value is -3.15. The van der Waals surface area contributed by atoms with Gasteiger partial charge in [-0.25, -0.2) is 8.78 Å². The molecule has 0 aromatic heterocycles. The van der Waals surface area contributed by atoms with Gasteiger partial charge in [-0.2, -0.15) is 0 Å². The van der Waals surface area contributed by atoms with Gasteiger partial charge in [-0.05, 0) is 56.0 Å². The molecule has 2 aliphatic heterocycles. The minimum atomic E-state index is -1.38. The maximum atomic E-state index is 14.7. The Kier molecular flexibility index (Phi) is 9.84. The first-order chi connectivity index (χ1) is 16.4. The number of benzene rings is 2. The first-order valence-corrected chi connectivity index (χ1v) is 11.9. The van der Waals surface area contributed by atoms with Crippen molar-refractivity contribution in [3.63, 3.8) is 0 Å². The number of likely N-dealkylation sites (tertiary alicyclic amines) is 1. The fourth-order valence-electron chi connectivity index (χ4n) is 3.65. The minimum absolute atomic E-state index is 0.0405. The number of halogens is 2. The van der Waals surface area contributed by atoms with Gasteiger partial charge >= 0.3 is 5.79 Å². The highest BCUT2D eigenvalue weighted by molar-refractivity contribution is 5.95. The van der Waals surface area contributed by atoms with Crippen molar-refractivity contribution in [2.24, 2.45) is 0 Å².